The Bertz CT molecular complexity index is 172. The second-order valence-corrected chi connectivity index (χ2v) is 5.03. The molecule has 0 atom stereocenters. The Labute approximate surface area is 124 Å². The molecule has 0 radical (unpaired) electrons. The summed E-state index contributed by atoms with van der Waals surface area (Å²) in [7, 11) is 0. The largest absolute Gasteiger partial charge is 0.481 e. The molecule has 0 aromatic carbocycles. The lowest BCUT2D eigenvalue weighted by Gasteiger charge is -2.02. The molecule has 0 fully saturated rings. The van der Waals surface area contributed by atoms with Gasteiger partial charge in [-0.2, -0.15) is 0 Å². The topological polar surface area (TPSA) is 37.3 Å². The minimum Gasteiger partial charge on any atom is -0.481 e. The van der Waals surface area contributed by atoms with Crippen LogP contribution in [0, 0.1) is 0 Å². The van der Waals surface area contributed by atoms with Crippen LogP contribution < -0.4 is 0 Å². The molecular formula is C15H33AlO2. The molecule has 0 aromatic heterocycles. The highest BCUT2D eigenvalue weighted by Gasteiger charge is 1.96. The first-order valence-corrected chi connectivity index (χ1v) is 7.49. The standard InChI is InChI=1S/C15H30O2.Al.3H/c1-2-3-4-5-6-7-8-9-10-11-12-13-14-15(16)17;;;;/h2-14H2,1H3,(H,16,17);;;;. The van der Waals surface area contributed by atoms with Gasteiger partial charge in [-0.05, 0) is 6.42 Å². The van der Waals surface area contributed by atoms with Crippen molar-refractivity contribution < 1.29 is 9.90 Å². The predicted octanol–water partition coefficient (Wildman–Crippen LogP) is 3.98. The number of carbonyl (C=O) groups is 1. The average Bonchev–Trinajstić information content (AvgIpc) is 2.30. The molecule has 108 valence electrons. The van der Waals surface area contributed by atoms with Gasteiger partial charge in [0.25, 0.3) is 0 Å². The lowest BCUT2D eigenvalue weighted by atomic mass is 10.0. The highest BCUT2D eigenvalue weighted by atomic mass is 27.0. The van der Waals surface area contributed by atoms with Gasteiger partial charge in [0.1, 0.15) is 0 Å². The van der Waals surface area contributed by atoms with E-state index in [0.29, 0.717) is 6.42 Å². The van der Waals surface area contributed by atoms with Crippen LogP contribution in [0.3, 0.4) is 0 Å². The number of carboxylic acid groups (broad SMARTS) is 1. The molecule has 0 aliphatic rings. The van der Waals surface area contributed by atoms with E-state index in [0.717, 1.165) is 12.8 Å². The van der Waals surface area contributed by atoms with Crippen LogP contribution in [0.4, 0.5) is 0 Å². The predicted molar refractivity (Wildman–Crippen MR) is 83.3 cm³/mol. The van der Waals surface area contributed by atoms with Crippen LogP contribution in [0.5, 0.6) is 0 Å². The lowest BCUT2D eigenvalue weighted by molar-refractivity contribution is -0.137. The molecule has 0 saturated heterocycles. The van der Waals surface area contributed by atoms with Gasteiger partial charge in [-0.15, -0.1) is 0 Å². The van der Waals surface area contributed by atoms with Crippen molar-refractivity contribution in [1.82, 2.24) is 0 Å². The van der Waals surface area contributed by atoms with Crippen LogP contribution in [0.1, 0.15) is 90.4 Å². The molecule has 0 amide bonds. The van der Waals surface area contributed by atoms with Crippen molar-refractivity contribution in [3.8, 4) is 0 Å². The fourth-order valence-corrected chi connectivity index (χ4v) is 2.12. The summed E-state index contributed by atoms with van der Waals surface area (Å²) in [5.41, 5.74) is 0. The van der Waals surface area contributed by atoms with E-state index in [1.54, 1.807) is 0 Å². The summed E-state index contributed by atoms with van der Waals surface area (Å²) in [6.07, 6.45) is 15.8. The Balaban J connectivity index is 0. The molecule has 2 nitrogen and oxygen atoms in total. The first kappa shape index (κ1) is 20.3. The molecule has 0 spiro atoms. The van der Waals surface area contributed by atoms with E-state index in [1.165, 1.54) is 64.2 Å². The van der Waals surface area contributed by atoms with Crippen LogP contribution in [0.2, 0.25) is 0 Å². The third-order valence-corrected chi connectivity index (χ3v) is 3.24. The van der Waals surface area contributed by atoms with E-state index in [-0.39, 0.29) is 17.4 Å². The van der Waals surface area contributed by atoms with E-state index in [2.05, 4.69) is 6.92 Å². The molecule has 18 heavy (non-hydrogen) atoms. The molecular weight excluding hydrogens is 239 g/mol. The molecule has 0 aliphatic heterocycles. The van der Waals surface area contributed by atoms with Gasteiger partial charge in [-0.3, -0.25) is 4.79 Å². The van der Waals surface area contributed by atoms with Crippen LogP contribution in [0.25, 0.3) is 0 Å². The van der Waals surface area contributed by atoms with Crippen molar-refractivity contribution in [2.24, 2.45) is 0 Å². The summed E-state index contributed by atoms with van der Waals surface area (Å²) in [5.74, 6) is -0.655. The summed E-state index contributed by atoms with van der Waals surface area (Å²) < 4.78 is 0. The third kappa shape index (κ3) is 18.4. The fraction of sp³-hybridized carbons (Fsp3) is 0.933. The number of hydrogen-bond acceptors (Lipinski definition) is 1. The number of unbranched alkanes of at least 4 members (excludes halogenated alkanes) is 11. The van der Waals surface area contributed by atoms with Crippen molar-refractivity contribution in [3.63, 3.8) is 0 Å². The summed E-state index contributed by atoms with van der Waals surface area (Å²) in [4.78, 5) is 10.3. The first-order valence-electron chi connectivity index (χ1n) is 7.49. The van der Waals surface area contributed by atoms with Gasteiger partial charge in [0.05, 0.1) is 0 Å². The maximum absolute atomic E-state index is 10.3. The molecule has 0 unspecified atom stereocenters. The van der Waals surface area contributed by atoms with Crippen molar-refractivity contribution in [3.05, 3.63) is 0 Å². The van der Waals surface area contributed by atoms with Gasteiger partial charge in [0.2, 0.25) is 0 Å². The number of carboxylic acids is 1. The van der Waals surface area contributed by atoms with Crippen molar-refractivity contribution in [2.75, 3.05) is 0 Å². The highest BCUT2D eigenvalue weighted by Crippen LogP contribution is 2.12. The van der Waals surface area contributed by atoms with E-state index < -0.39 is 5.97 Å². The molecule has 0 rings (SSSR count). The van der Waals surface area contributed by atoms with Gasteiger partial charge in [-0.25, -0.2) is 0 Å². The maximum Gasteiger partial charge on any atom is 0.303 e. The average molecular weight is 272 g/mol. The lowest BCUT2D eigenvalue weighted by Crippen LogP contribution is -1.93. The van der Waals surface area contributed by atoms with E-state index >= 15 is 0 Å². The molecule has 0 heterocycles. The smallest absolute Gasteiger partial charge is 0.303 e. The summed E-state index contributed by atoms with van der Waals surface area (Å²) in [5, 5.41) is 8.47. The number of rotatable bonds is 13. The zero-order valence-corrected chi connectivity index (χ0v) is 11.5. The quantitative estimate of drug-likeness (QED) is 0.407. The molecule has 3 heteroatoms. The summed E-state index contributed by atoms with van der Waals surface area (Å²) in [6.45, 7) is 2.25. The third-order valence-electron chi connectivity index (χ3n) is 3.24. The van der Waals surface area contributed by atoms with E-state index in [9.17, 15) is 4.79 Å². The zero-order chi connectivity index (χ0) is 12.8. The Hall–Kier alpha value is 0.00247. The Morgan fingerprint density at radius 3 is 1.39 bits per heavy atom. The maximum atomic E-state index is 10.3. The van der Waals surface area contributed by atoms with Gasteiger partial charge < -0.3 is 5.11 Å². The molecule has 0 saturated carbocycles. The van der Waals surface area contributed by atoms with E-state index in [4.69, 9.17) is 5.11 Å². The normalized spacial score (nSPS) is 10.1. The minimum atomic E-state index is -0.655. The van der Waals surface area contributed by atoms with Crippen LogP contribution in [-0.2, 0) is 4.79 Å². The van der Waals surface area contributed by atoms with Gasteiger partial charge in [0, 0.05) is 6.42 Å². The number of aliphatic carboxylic acids is 1. The SMILES string of the molecule is CCCCCCCCCCCCCCC(=O)O.[AlH3]. The molecule has 0 aliphatic carbocycles. The molecule has 1 N–H and O–H groups in total. The molecule has 0 aromatic rings. The van der Waals surface area contributed by atoms with Crippen LogP contribution in [0.15, 0.2) is 0 Å². The molecule has 0 bridgehead atoms. The first-order chi connectivity index (χ1) is 8.27. The van der Waals surface area contributed by atoms with Crippen molar-refractivity contribution in [2.45, 2.75) is 90.4 Å². The van der Waals surface area contributed by atoms with Gasteiger partial charge in [0.15, 0.2) is 17.4 Å². The van der Waals surface area contributed by atoms with Crippen LogP contribution in [-0.4, -0.2) is 28.4 Å². The minimum absolute atomic E-state index is 0. The highest BCUT2D eigenvalue weighted by molar-refractivity contribution is 5.75. The van der Waals surface area contributed by atoms with Crippen molar-refractivity contribution >= 4 is 23.3 Å². The number of hydrogen-bond donors (Lipinski definition) is 1. The van der Waals surface area contributed by atoms with Crippen LogP contribution >= 0.6 is 0 Å². The Kier molecular flexibility index (Phi) is 19.2. The summed E-state index contributed by atoms with van der Waals surface area (Å²) >= 11 is 0. The van der Waals surface area contributed by atoms with E-state index in [1.807, 2.05) is 0 Å². The van der Waals surface area contributed by atoms with Crippen molar-refractivity contribution in [1.29, 1.82) is 0 Å². The fourth-order valence-electron chi connectivity index (χ4n) is 2.12. The van der Waals surface area contributed by atoms with Gasteiger partial charge in [-0.1, -0.05) is 77.6 Å². The Morgan fingerprint density at radius 2 is 1.06 bits per heavy atom. The summed E-state index contributed by atoms with van der Waals surface area (Å²) in [6, 6.07) is 0. The second-order valence-electron chi connectivity index (χ2n) is 5.03. The second kappa shape index (κ2) is 17.0. The van der Waals surface area contributed by atoms with Gasteiger partial charge >= 0.3 is 5.97 Å². The Morgan fingerprint density at radius 1 is 0.722 bits per heavy atom. The monoisotopic (exact) mass is 272 g/mol. The zero-order valence-electron chi connectivity index (χ0n) is 11.5.